The number of carbonyl (C=O) groups is 2. The second-order valence-electron chi connectivity index (χ2n) is 7.56. The molecule has 160 valence electrons. The molecule has 0 N–H and O–H groups in total. The number of carbonyl (C=O) groups excluding carboxylic acids is 2. The maximum absolute atomic E-state index is 12.5. The predicted molar refractivity (Wildman–Crippen MR) is 120 cm³/mol. The van der Waals surface area contributed by atoms with E-state index in [4.69, 9.17) is 14.2 Å². The van der Waals surface area contributed by atoms with Crippen molar-refractivity contribution in [3.05, 3.63) is 78.0 Å². The molecule has 0 radical (unpaired) electrons. The van der Waals surface area contributed by atoms with Gasteiger partial charge in [0.25, 0.3) is 0 Å². The number of para-hydroxylation sites is 1. The van der Waals surface area contributed by atoms with Crippen LogP contribution in [0.2, 0.25) is 0 Å². The van der Waals surface area contributed by atoms with Crippen molar-refractivity contribution >= 4 is 33.4 Å². The zero-order valence-electron chi connectivity index (χ0n) is 17.4. The van der Waals surface area contributed by atoms with Gasteiger partial charge in [-0.2, -0.15) is 0 Å². The van der Waals surface area contributed by atoms with Crippen molar-refractivity contribution in [3.8, 4) is 11.5 Å². The standard InChI is InChI=1S/C26H21NO5/c28-23(17-9-11-24-25(15-17)31-14-13-30-24)10-12-26(29)32-16-22-20-7-2-1-5-18(20)19-6-3-4-8-21(19)27-22/h1-9,11,15H,10,12-14,16H2. The number of pyridine rings is 1. The molecule has 0 fully saturated rings. The van der Waals surface area contributed by atoms with Crippen LogP contribution in [0, 0.1) is 0 Å². The lowest BCUT2D eigenvalue weighted by Crippen LogP contribution is -2.16. The highest BCUT2D eigenvalue weighted by molar-refractivity contribution is 6.06. The summed E-state index contributed by atoms with van der Waals surface area (Å²) in [5.41, 5.74) is 2.04. The normalized spacial score (nSPS) is 12.6. The van der Waals surface area contributed by atoms with Gasteiger partial charge in [0.05, 0.1) is 17.6 Å². The fraction of sp³-hybridized carbons (Fsp3) is 0.192. The number of hydrogen-bond acceptors (Lipinski definition) is 6. The van der Waals surface area contributed by atoms with Crippen molar-refractivity contribution in [1.82, 2.24) is 4.98 Å². The third kappa shape index (κ3) is 3.99. The number of aromatic nitrogens is 1. The van der Waals surface area contributed by atoms with Gasteiger partial charge in [-0.1, -0.05) is 42.5 Å². The summed E-state index contributed by atoms with van der Waals surface area (Å²) >= 11 is 0. The molecule has 1 aromatic heterocycles. The van der Waals surface area contributed by atoms with E-state index in [0.717, 1.165) is 21.7 Å². The van der Waals surface area contributed by atoms with Gasteiger partial charge in [-0.05, 0) is 29.7 Å². The molecule has 0 bridgehead atoms. The highest BCUT2D eigenvalue weighted by Crippen LogP contribution is 2.31. The van der Waals surface area contributed by atoms with Gasteiger partial charge in [-0.25, -0.2) is 4.98 Å². The summed E-state index contributed by atoms with van der Waals surface area (Å²) < 4.78 is 16.5. The molecule has 0 saturated carbocycles. The Morgan fingerprint density at radius 1 is 0.812 bits per heavy atom. The Morgan fingerprint density at radius 2 is 1.53 bits per heavy atom. The topological polar surface area (TPSA) is 74.7 Å². The quantitative estimate of drug-likeness (QED) is 0.248. The minimum Gasteiger partial charge on any atom is -0.486 e. The number of hydrogen-bond donors (Lipinski definition) is 0. The number of nitrogens with zero attached hydrogens (tertiary/aromatic N) is 1. The minimum atomic E-state index is -0.435. The van der Waals surface area contributed by atoms with Crippen LogP contribution in [0.5, 0.6) is 11.5 Å². The summed E-state index contributed by atoms with van der Waals surface area (Å²) in [7, 11) is 0. The monoisotopic (exact) mass is 427 g/mol. The second-order valence-corrected chi connectivity index (χ2v) is 7.56. The molecule has 0 unspecified atom stereocenters. The van der Waals surface area contributed by atoms with Gasteiger partial charge >= 0.3 is 5.97 Å². The molecule has 3 aromatic carbocycles. The van der Waals surface area contributed by atoms with Crippen LogP contribution < -0.4 is 9.47 Å². The number of ketones is 1. The smallest absolute Gasteiger partial charge is 0.306 e. The molecule has 0 amide bonds. The van der Waals surface area contributed by atoms with E-state index in [-0.39, 0.29) is 25.2 Å². The zero-order valence-corrected chi connectivity index (χ0v) is 17.4. The molecule has 2 heterocycles. The van der Waals surface area contributed by atoms with Crippen LogP contribution >= 0.6 is 0 Å². The first-order chi connectivity index (χ1) is 15.7. The molecule has 6 nitrogen and oxygen atoms in total. The van der Waals surface area contributed by atoms with Crippen LogP contribution in [0.25, 0.3) is 21.7 Å². The van der Waals surface area contributed by atoms with Crippen molar-refractivity contribution in [2.45, 2.75) is 19.4 Å². The summed E-state index contributed by atoms with van der Waals surface area (Å²) in [5.74, 6) is 0.601. The number of Topliss-reactive ketones (excluding diaryl/α,β-unsaturated/α-hetero) is 1. The summed E-state index contributed by atoms with van der Waals surface area (Å²) in [5, 5.41) is 3.08. The zero-order chi connectivity index (χ0) is 21.9. The molecule has 4 aromatic rings. The molecule has 6 heteroatoms. The number of ether oxygens (including phenoxy) is 3. The summed E-state index contributed by atoms with van der Waals surface area (Å²) in [6, 6.07) is 20.9. The van der Waals surface area contributed by atoms with Crippen LogP contribution in [-0.4, -0.2) is 30.0 Å². The lowest BCUT2D eigenvalue weighted by Gasteiger charge is -2.18. The van der Waals surface area contributed by atoms with E-state index in [1.165, 1.54) is 0 Å². The Balaban J connectivity index is 1.24. The van der Waals surface area contributed by atoms with Gasteiger partial charge in [0, 0.05) is 22.8 Å². The SMILES string of the molecule is O=C(CCC(=O)c1ccc2c(c1)OCCO2)OCc1nc2ccccc2c2ccccc12. The van der Waals surface area contributed by atoms with Crippen molar-refractivity contribution in [1.29, 1.82) is 0 Å². The number of fused-ring (bicyclic) bond motifs is 4. The lowest BCUT2D eigenvalue weighted by molar-refractivity contribution is -0.144. The largest absolute Gasteiger partial charge is 0.486 e. The van der Waals surface area contributed by atoms with E-state index in [1.807, 2.05) is 48.5 Å². The first-order valence-corrected chi connectivity index (χ1v) is 10.5. The molecule has 5 rings (SSSR count). The van der Waals surface area contributed by atoms with Crippen molar-refractivity contribution in [2.75, 3.05) is 13.2 Å². The van der Waals surface area contributed by atoms with Gasteiger partial charge in [-0.15, -0.1) is 0 Å². The van der Waals surface area contributed by atoms with E-state index < -0.39 is 5.97 Å². The summed E-state index contributed by atoms with van der Waals surface area (Å²) in [4.78, 5) is 29.5. The molecule has 1 aliphatic heterocycles. The maximum Gasteiger partial charge on any atom is 0.306 e. The maximum atomic E-state index is 12.5. The van der Waals surface area contributed by atoms with Gasteiger partial charge in [0.1, 0.15) is 19.8 Å². The van der Waals surface area contributed by atoms with E-state index >= 15 is 0 Å². The summed E-state index contributed by atoms with van der Waals surface area (Å²) in [6.07, 6.45) is 0.0587. The van der Waals surface area contributed by atoms with Gasteiger partial charge < -0.3 is 14.2 Å². The van der Waals surface area contributed by atoms with Crippen molar-refractivity contribution in [2.24, 2.45) is 0 Å². The lowest BCUT2D eigenvalue weighted by atomic mass is 10.0. The summed E-state index contributed by atoms with van der Waals surface area (Å²) in [6.45, 7) is 1.00. The van der Waals surface area contributed by atoms with E-state index in [1.54, 1.807) is 18.2 Å². The molecule has 0 saturated heterocycles. The van der Waals surface area contributed by atoms with Crippen LogP contribution in [0.4, 0.5) is 0 Å². The molecule has 0 atom stereocenters. The Morgan fingerprint density at radius 3 is 2.38 bits per heavy atom. The number of esters is 1. The molecule has 1 aliphatic rings. The molecule has 32 heavy (non-hydrogen) atoms. The van der Waals surface area contributed by atoms with Crippen LogP contribution in [-0.2, 0) is 16.1 Å². The molecular weight excluding hydrogens is 406 g/mol. The second kappa shape index (κ2) is 8.67. The van der Waals surface area contributed by atoms with E-state index in [0.29, 0.717) is 36.0 Å². The predicted octanol–water partition coefficient (Wildman–Crippen LogP) is 4.87. The fourth-order valence-corrected chi connectivity index (χ4v) is 3.88. The molecule has 0 spiro atoms. The van der Waals surface area contributed by atoms with Crippen molar-refractivity contribution < 1.29 is 23.8 Å². The Hall–Kier alpha value is -3.93. The first-order valence-electron chi connectivity index (χ1n) is 10.5. The van der Waals surface area contributed by atoms with E-state index in [9.17, 15) is 9.59 Å². The van der Waals surface area contributed by atoms with E-state index in [2.05, 4.69) is 4.98 Å². The highest BCUT2D eigenvalue weighted by Gasteiger charge is 2.17. The van der Waals surface area contributed by atoms with Gasteiger partial charge in [0.15, 0.2) is 17.3 Å². The molecular formula is C26H21NO5. The fourth-order valence-electron chi connectivity index (χ4n) is 3.88. The third-order valence-electron chi connectivity index (χ3n) is 5.48. The average molecular weight is 427 g/mol. The van der Waals surface area contributed by atoms with Crippen LogP contribution in [0.3, 0.4) is 0 Å². The van der Waals surface area contributed by atoms with Gasteiger partial charge in [0.2, 0.25) is 0 Å². The van der Waals surface area contributed by atoms with Crippen molar-refractivity contribution in [3.63, 3.8) is 0 Å². The average Bonchev–Trinajstić information content (AvgIpc) is 2.85. The van der Waals surface area contributed by atoms with Gasteiger partial charge in [-0.3, -0.25) is 9.59 Å². The first kappa shape index (κ1) is 20.0. The Bertz CT molecular complexity index is 1330. The number of rotatable bonds is 6. The highest BCUT2D eigenvalue weighted by atomic mass is 16.6. The minimum absolute atomic E-state index is 0.00120. The Labute approximate surface area is 184 Å². The third-order valence-corrected chi connectivity index (χ3v) is 5.48. The molecule has 0 aliphatic carbocycles. The Kier molecular flexibility index (Phi) is 5.42. The number of benzene rings is 3. The van der Waals surface area contributed by atoms with Crippen LogP contribution in [0.15, 0.2) is 66.7 Å². The van der Waals surface area contributed by atoms with Crippen LogP contribution in [0.1, 0.15) is 28.9 Å².